The summed E-state index contributed by atoms with van der Waals surface area (Å²) in [4.78, 5) is 27.3. The van der Waals surface area contributed by atoms with E-state index in [9.17, 15) is 4.79 Å². The van der Waals surface area contributed by atoms with E-state index in [1.54, 1.807) is 46.9 Å². The van der Waals surface area contributed by atoms with Crippen LogP contribution in [-0.2, 0) is 25.4 Å². The Kier molecular flexibility index (Phi) is 13.8. The number of nitrogens with zero attached hydrogens (tertiary/aromatic N) is 4. The third-order valence-corrected chi connectivity index (χ3v) is 13.3. The number of hydrogen-bond acceptors (Lipinski definition) is 11. The molecule has 0 spiro atoms. The minimum atomic E-state index is -1.21. The molecular formula is C59H53N5O8. The van der Waals surface area contributed by atoms with E-state index in [2.05, 4.69) is 34.6 Å². The minimum absolute atomic E-state index is 0.0458. The lowest BCUT2D eigenvalue weighted by atomic mass is 9.79. The zero-order valence-electron chi connectivity index (χ0n) is 40.3. The van der Waals surface area contributed by atoms with Crippen LogP contribution in [0.2, 0.25) is 0 Å². The van der Waals surface area contributed by atoms with Crippen molar-refractivity contribution in [2.45, 2.75) is 36.1 Å². The molecule has 1 amide bonds. The van der Waals surface area contributed by atoms with Crippen molar-refractivity contribution in [1.82, 2.24) is 19.5 Å². The summed E-state index contributed by atoms with van der Waals surface area (Å²) < 4.78 is 47.2. The van der Waals surface area contributed by atoms with Crippen molar-refractivity contribution < 1.29 is 38.0 Å². The highest BCUT2D eigenvalue weighted by molar-refractivity contribution is 6.06. The Bertz CT molecular complexity index is 3120. The summed E-state index contributed by atoms with van der Waals surface area (Å²) in [6.07, 6.45) is 1.37. The highest BCUT2D eigenvalue weighted by atomic mass is 16.6. The predicted molar refractivity (Wildman–Crippen MR) is 274 cm³/mol. The molecule has 72 heavy (non-hydrogen) atoms. The monoisotopic (exact) mass is 959 g/mol. The Morgan fingerprint density at radius 1 is 0.556 bits per heavy atom. The third kappa shape index (κ3) is 9.12. The van der Waals surface area contributed by atoms with Gasteiger partial charge in [-0.3, -0.25) is 9.36 Å². The molecule has 1 fully saturated rings. The number of methoxy groups -OCH3 is 4. The normalized spacial score (nSPS) is 15.8. The molecule has 13 nitrogen and oxygen atoms in total. The maximum absolute atomic E-state index is 13.4. The molecule has 1 saturated heterocycles. The van der Waals surface area contributed by atoms with Crippen LogP contribution in [0.5, 0.6) is 23.0 Å². The lowest BCUT2D eigenvalue weighted by molar-refractivity contribution is -0.125. The van der Waals surface area contributed by atoms with E-state index in [0.717, 1.165) is 33.4 Å². The molecule has 0 radical (unpaired) electrons. The fourth-order valence-corrected chi connectivity index (χ4v) is 9.61. The molecule has 3 atom stereocenters. The zero-order valence-corrected chi connectivity index (χ0v) is 40.3. The molecule has 1 N–H and O–H groups in total. The van der Waals surface area contributed by atoms with Gasteiger partial charge in [-0.25, -0.2) is 15.0 Å². The Balaban J connectivity index is 1.12. The number of anilines is 1. The van der Waals surface area contributed by atoms with Gasteiger partial charge in [0, 0.05) is 12.0 Å². The number of nitrogens with one attached hydrogen (secondary N) is 1. The molecular weight excluding hydrogens is 907 g/mol. The lowest BCUT2D eigenvalue weighted by Gasteiger charge is -2.40. The van der Waals surface area contributed by atoms with Gasteiger partial charge in [-0.2, -0.15) is 0 Å². The Hall–Kier alpha value is -8.36. The smallest absolute Gasteiger partial charge is 0.256 e. The summed E-state index contributed by atoms with van der Waals surface area (Å²) in [5.74, 6) is 2.77. The van der Waals surface area contributed by atoms with E-state index in [1.807, 2.05) is 156 Å². The number of amides is 1. The SMILES string of the molecule is COc1ccc(C(OCC2OC(n3cnc4c(NC(=O)c5ccccc5)ncnc43)CC2OC(c2ccccc2)(c2ccc(OC)cc2)c2ccc(OC)cc2)(c2ccccc2)c2ccc(OC)cc2)cc1. The number of carbonyl (C=O) groups is 1. The van der Waals surface area contributed by atoms with Crippen LogP contribution in [0.4, 0.5) is 5.82 Å². The summed E-state index contributed by atoms with van der Waals surface area (Å²) in [5, 5.41) is 2.94. The quantitative estimate of drug-likeness (QED) is 0.0823. The largest absolute Gasteiger partial charge is 0.497 e. The van der Waals surface area contributed by atoms with E-state index >= 15 is 0 Å². The number of hydrogen-bond donors (Lipinski definition) is 1. The van der Waals surface area contributed by atoms with E-state index in [-0.39, 0.29) is 18.3 Å². The van der Waals surface area contributed by atoms with Gasteiger partial charge in [0.05, 0.1) is 47.5 Å². The van der Waals surface area contributed by atoms with Gasteiger partial charge in [0.15, 0.2) is 17.0 Å². The first-order chi connectivity index (χ1) is 35.4. The van der Waals surface area contributed by atoms with Crippen LogP contribution in [0, 0.1) is 0 Å². The number of fused-ring (bicyclic) bond motifs is 1. The summed E-state index contributed by atoms with van der Waals surface area (Å²) in [5.41, 5.74) is 4.20. The van der Waals surface area contributed by atoms with Gasteiger partial charge in [0.1, 0.15) is 52.9 Å². The van der Waals surface area contributed by atoms with Crippen molar-refractivity contribution in [3.8, 4) is 23.0 Å². The second-order valence-corrected chi connectivity index (χ2v) is 17.2. The lowest BCUT2D eigenvalue weighted by Crippen LogP contribution is -2.43. The first-order valence-corrected chi connectivity index (χ1v) is 23.6. The fraction of sp³-hybridized carbons (Fsp3) is 0.186. The summed E-state index contributed by atoms with van der Waals surface area (Å²) in [6.45, 7) is 0.0458. The molecule has 7 aromatic carbocycles. The minimum Gasteiger partial charge on any atom is -0.497 e. The standard InChI is InChI=1S/C59H53N5O8/c1-66-47-28-20-43(21-29-47)58(41-16-10-6-11-17-41,44-22-30-48(67-2)31-23-44)70-37-52-51(36-53(71-52)64-39-62-54-55(60-38-61-56(54)64)63-57(65)40-14-8-5-9-15-40)72-59(42-18-12-7-13-19-42,45-24-32-49(68-3)33-25-45)46-26-34-50(69-4)35-27-46/h5-35,38-39,51-53H,36-37H2,1-4H3,(H,60,61,63,65). The van der Waals surface area contributed by atoms with E-state index < -0.39 is 29.6 Å². The molecule has 9 aromatic rings. The molecule has 1 aliphatic rings. The van der Waals surface area contributed by atoms with Crippen molar-refractivity contribution in [3.05, 3.63) is 240 Å². The van der Waals surface area contributed by atoms with Crippen molar-refractivity contribution >= 4 is 22.9 Å². The van der Waals surface area contributed by atoms with Gasteiger partial charge < -0.3 is 38.5 Å². The molecule has 1 aliphatic heterocycles. The molecule has 0 saturated carbocycles. The van der Waals surface area contributed by atoms with Crippen LogP contribution in [0.15, 0.2) is 201 Å². The second-order valence-electron chi connectivity index (χ2n) is 17.2. The van der Waals surface area contributed by atoms with Crippen LogP contribution in [0.1, 0.15) is 56.4 Å². The molecule has 2 aromatic heterocycles. The average Bonchev–Trinajstić information content (AvgIpc) is 4.08. The van der Waals surface area contributed by atoms with Crippen molar-refractivity contribution in [1.29, 1.82) is 0 Å². The van der Waals surface area contributed by atoms with Crippen molar-refractivity contribution in [2.24, 2.45) is 0 Å². The number of carbonyl (C=O) groups excluding carboxylic acids is 1. The van der Waals surface area contributed by atoms with Crippen molar-refractivity contribution in [2.75, 3.05) is 40.4 Å². The molecule has 0 aliphatic carbocycles. The number of ether oxygens (including phenoxy) is 7. The summed E-state index contributed by atoms with van der Waals surface area (Å²) >= 11 is 0. The average molecular weight is 960 g/mol. The zero-order chi connectivity index (χ0) is 49.5. The second kappa shape index (κ2) is 20.9. The molecule has 3 heterocycles. The Morgan fingerprint density at radius 3 is 1.46 bits per heavy atom. The van der Waals surface area contributed by atoms with Gasteiger partial charge in [0.25, 0.3) is 5.91 Å². The third-order valence-electron chi connectivity index (χ3n) is 13.3. The molecule has 13 heteroatoms. The van der Waals surface area contributed by atoms with E-state index in [4.69, 9.17) is 43.1 Å². The molecule has 0 bridgehead atoms. The molecule has 3 unspecified atom stereocenters. The maximum atomic E-state index is 13.4. The first kappa shape index (κ1) is 47.3. The van der Waals surface area contributed by atoms with Gasteiger partial charge in [-0.15, -0.1) is 0 Å². The predicted octanol–water partition coefficient (Wildman–Crippen LogP) is 10.8. The van der Waals surface area contributed by atoms with Crippen molar-refractivity contribution in [3.63, 3.8) is 0 Å². The Morgan fingerprint density at radius 2 is 0.986 bits per heavy atom. The summed E-state index contributed by atoms with van der Waals surface area (Å²) in [7, 11) is 6.60. The number of imidazole rings is 1. The van der Waals surface area contributed by atoms with E-state index in [0.29, 0.717) is 46.1 Å². The van der Waals surface area contributed by atoms with Gasteiger partial charge in [0.2, 0.25) is 0 Å². The van der Waals surface area contributed by atoms with Crippen LogP contribution in [-0.4, -0.2) is 72.7 Å². The van der Waals surface area contributed by atoms with Crippen LogP contribution < -0.4 is 24.3 Å². The van der Waals surface area contributed by atoms with Gasteiger partial charge in [-0.1, -0.05) is 127 Å². The highest BCUT2D eigenvalue weighted by Crippen LogP contribution is 2.48. The number of benzene rings is 7. The maximum Gasteiger partial charge on any atom is 0.256 e. The molecule has 10 rings (SSSR count). The topological polar surface area (TPSA) is 137 Å². The summed E-state index contributed by atoms with van der Waals surface area (Å²) in [6, 6.07) is 61.1. The highest BCUT2D eigenvalue weighted by Gasteiger charge is 2.48. The first-order valence-electron chi connectivity index (χ1n) is 23.6. The molecule has 362 valence electrons. The number of rotatable bonds is 18. The van der Waals surface area contributed by atoms with Crippen LogP contribution in [0.25, 0.3) is 11.2 Å². The fourth-order valence-electron chi connectivity index (χ4n) is 9.61. The van der Waals surface area contributed by atoms with Gasteiger partial charge in [-0.05, 0) is 94.0 Å². The Labute approximate surface area is 417 Å². The van der Waals surface area contributed by atoms with Crippen LogP contribution >= 0.6 is 0 Å². The number of aromatic nitrogens is 4. The van der Waals surface area contributed by atoms with Gasteiger partial charge >= 0.3 is 0 Å². The van der Waals surface area contributed by atoms with E-state index in [1.165, 1.54) is 6.33 Å². The van der Waals surface area contributed by atoms with Crippen LogP contribution in [0.3, 0.4) is 0 Å².